The second-order valence-corrected chi connectivity index (χ2v) is 6.47. The molecule has 0 saturated heterocycles. The number of aryl methyl sites for hydroxylation is 1. The molecular formula is C19H23N5O4. The number of carbonyl (C=O) groups is 1. The summed E-state index contributed by atoms with van der Waals surface area (Å²) in [5.41, 5.74) is -0.429. The molecule has 0 atom stereocenters. The minimum absolute atomic E-state index is 0.0372. The lowest BCUT2D eigenvalue weighted by Crippen LogP contribution is -2.38. The predicted molar refractivity (Wildman–Crippen MR) is 104 cm³/mol. The predicted octanol–water partition coefficient (Wildman–Crippen LogP) is 0.409. The van der Waals surface area contributed by atoms with E-state index in [4.69, 9.17) is 4.74 Å². The van der Waals surface area contributed by atoms with Crippen molar-refractivity contribution in [3.05, 3.63) is 57.5 Å². The number of carbonyl (C=O) groups excluding carboxylic acids is 1. The molecular weight excluding hydrogens is 362 g/mol. The van der Waals surface area contributed by atoms with Crippen molar-refractivity contribution < 1.29 is 9.53 Å². The fraction of sp³-hybridized carbons (Fsp3) is 0.368. The van der Waals surface area contributed by atoms with Crippen LogP contribution in [0.2, 0.25) is 0 Å². The monoisotopic (exact) mass is 385 g/mol. The number of imidazole rings is 1. The zero-order valence-electron chi connectivity index (χ0n) is 15.9. The van der Waals surface area contributed by atoms with Gasteiger partial charge in [-0.1, -0.05) is 18.2 Å². The van der Waals surface area contributed by atoms with Crippen molar-refractivity contribution in [1.82, 2.24) is 24.0 Å². The first-order valence-electron chi connectivity index (χ1n) is 9.04. The Morgan fingerprint density at radius 1 is 1.11 bits per heavy atom. The summed E-state index contributed by atoms with van der Waals surface area (Å²) >= 11 is 0. The van der Waals surface area contributed by atoms with Crippen molar-refractivity contribution in [2.24, 2.45) is 14.1 Å². The molecule has 2 heterocycles. The standard InChI is InChI=1S/C19H23N5O4/c1-22-17-16(18(26)23(2)19(22)27)24(13-21-17)12-15(25)20-10-6-7-11-28-14-8-4-3-5-9-14/h3-5,8-9,13H,6-7,10-12H2,1-2H3,(H,20,25). The summed E-state index contributed by atoms with van der Waals surface area (Å²) in [6, 6.07) is 9.57. The van der Waals surface area contributed by atoms with Crippen LogP contribution in [-0.4, -0.2) is 37.7 Å². The van der Waals surface area contributed by atoms with Gasteiger partial charge in [0, 0.05) is 20.6 Å². The van der Waals surface area contributed by atoms with E-state index in [1.807, 2.05) is 30.3 Å². The first kappa shape index (κ1) is 19.4. The molecule has 0 bridgehead atoms. The molecule has 2 aromatic heterocycles. The van der Waals surface area contributed by atoms with Crippen LogP contribution in [0.25, 0.3) is 11.2 Å². The molecule has 9 heteroatoms. The number of benzene rings is 1. The first-order valence-corrected chi connectivity index (χ1v) is 9.04. The molecule has 0 aliphatic heterocycles. The van der Waals surface area contributed by atoms with Gasteiger partial charge in [0.2, 0.25) is 5.91 Å². The Labute approximate surface area is 161 Å². The third kappa shape index (κ3) is 4.13. The van der Waals surface area contributed by atoms with Crippen LogP contribution in [0.15, 0.2) is 46.2 Å². The van der Waals surface area contributed by atoms with E-state index in [1.54, 1.807) is 7.05 Å². The topological polar surface area (TPSA) is 100 Å². The third-order valence-corrected chi connectivity index (χ3v) is 4.44. The van der Waals surface area contributed by atoms with Gasteiger partial charge in [-0.15, -0.1) is 0 Å². The second-order valence-electron chi connectivity index (χ2n) is 6.47. The van der Waals surface area contributed by atoms with Gasteiger partial charge in [-0.05, 0) is 25.0 Å². The first-order chi connectivity index (χ1) is 13.5. The van der Waals surface area contributed by atoms with Gasteiger partial charge in [0.25, 0.3) is 5.56 Å². The van der Waals surface area contributed by atoms with Crippen molar-refractivity contribution in [3.63, 3.8) is 0 Å². The lowest BCUT2D eigenvalue weighted by Gasteiger charge is -2.08. The van der Waals surface area contributed by atoms with Gasteiger partial charge in [-0.2, -0.15) is 0 Å². The smallest absolute Gasteiger partial charge is 0.332 e. The Hall–Kier alpha value is -3.36. The maximum atomic E-state index is 12.4. The summed E-state index contributed by atoms with van der Waals surface area (Å²) in [6.45, 7) is 1.06. The minimum Gasteiger partial charge on any atom is -0.494 e. The number of nitrogens with one attached hydrogen (secondary N) is 1. The van der Waals surface area contributed by atoms with E-state index in [1.165, 1.54) is 22.5 Å². The zero-order chi connectivity index (χ0) is 20.1. The van der Waals surface area contributed by atoms with Gasteiger partial charge in [0.1, 0.15) is 12.3 Å². The second kappa shape index (κ2) is 8.55. The molecule has 0 aliphatic carbocycles. The highest BCUT2D eigenvalue weighted by Crippen LogP contribution is 2.08. The van der Waals surface area contributed by atoms with Crippen molar-refractivity contribution >= 4 is 17.1 Å². The minimum atomic E-state index is -0.471. The quantitative estimate of drug-likeness (QED) is 0.566. The van der Waals surface area contributed by atoms with Crippen LogP contribution in [0.4, 0.5) is 0 Å². The maximum absolute atomic E-state index is 12.4. The van der Waals surface area contributed by atoms with E-state index in [0.29, 0.717) is 13.2 Å². The molecule has 148 valence electrons. The van der Waals surface area contributed by atoms with Crippen molar-refractivity contribution in [2.75, 3.05) is 13.2 Å². The Morgan fingerprint density at radius 2 is 1.86 bits per heavy atom. The van der Waals surface area contributed by atoms with Crippen LogP contribution in [0.3, 0.4) is 0 Å². The normalized spacial score (nSPS) is 10.9. The van der Waals surface area contributed by atoms with Crippen LogP contribution in [0.1, 0.15) is 12.8 Å². The highest BCUT2D eigenvalue weighted by Gasteiger charge is 2.15. The number of amides is 1. The Bertz CT molecular complexity index is 1080. The molecule has 1 N–H and O–H groups in total. The van der Waals surface area contributed by atoms with Gasteiger partial charge >= 0.3 is 5.69 Å². The maximum Gasteiger partial charge on any atom is 0.332 e. The highest BCUT2D eigenvalue weighted by molar-refractivity contribution is 5.78. The summed E-state index contributed by atoms with van der Waals surface area (Å²) in [7, 11) is 2.94. The van der Waals surface area contributed by atoms with Crippen molar-refractivity contribution in [1.29, 1.82) is 0 Å². The van der Waals surface area contributed by atoms with Crippen LogP contribution < -0.4 is 21.3 Å². The summed E-state index contributed by atoms with van der Waals surface area (Å²) in [5, 5.41) is 2.82. The van der Waals surface area contributed by atoms with Crippen LogP contribution in [-0.2, 0) is 25.4 Å². The lowest BCUT2D eigenvalue weighted by atomic mass is 10.3. The molecule has 1 amide bonds. The molecule has 0 radical (unpaired) electrons. The van der Waals surface area contributed by atoms with Crippen LogP contribution in [0, 0.1) is 0 Å². The van der Waals surface area contributed by atoms with Gasteiger partial charge in [0.15, 0.2) is 11.2 Å². The summed E-state index contributed by atoms with van der Waals surface area (Å²) < 4.78 is 9.36. The van der Waals surface area contributed by atoms with E-state index in [-0.39, 0.29) is 23.6 Å². The molecule has 3 aromatic rings. The SMILES string of the molecule is Cn1c(=O)c2c(ncn2CC(=O)NCCCCOc2ccccc2)n(C)c1=O. The molecule has 1 aromatic carbocycles. The van der Waals surface area contributed by atoms with Crippen molar-refractivity contribution in [2.45, 2.75) is 19.4 Å². The van der Waals surface area contributed by atoms with Gasteiger partial charge in [0.05, 0.1) is 12.9 Å². The van der Waals surface area contributed by atoms with E-state index < -0.39 is 11.2 Å². The van der Waals surface area contributed by atoms with Gasteiger partial charge < -0.3 is 14.6 Å². The van der Waals surface area contributed by atoms with E-state index >= 15 is 0 Å². The summed E-state index contributed by atoms with van der Waals surface area (Å²) in [4.78, 5) is 40.6. The molecule has 9 nitrogen and oxygen atoms in total. The summed E-state index contributed by atoms with van der Waals surface area (Å²) in [5.74, 6) is 0.605. The molecule has 28 heavy (non-hydrogen) atoms. The number of nitrogens with zero attached hydrogens (tertiary/aromatic N) is 4. The Balaban J connectivity index is 1.50. The average molecular weight is 385 g/mol. The fourth-order valence-electron chi connectivity index (χ4n) is 2.89. The Kier molecular flexibility index (Phi) is 5.93. The van der Waals surface area contributed by atoms with E-state index in [9.17, 15) is 14.4 Å². The number of hydrogen-bond donors (Lipinski definition) is 1. The number of rotatable bonds is 8. The average Bonchev–Trinajstić information content (AvgIpc) is 3.11. The zero-order valence-corrected chi connectivity index (χ0v) is 15.9. The molecule has 0 fully saturated rings. The molecule has 3 rings (SSSR count). The lowest BCUT2D eigenvalue weighted by molar-refractivity contribution is -0.121. The third-order valence-electron chi connectivity index (χ3n) is 4.44. The largest absolute Gasteiger partial charge is 0.494 e. The molecule has 0 unspecified atom stereocenters. The number of fused-ring (bicyclic) bond motifs is 1. The highest BCUT2D eigenvalue weighted by atomic mass is 16.5. The van der Waals surface area contributed by atoms with Crippen molar-refractivity contribution in [3.8, 4) is 5.75 Å². The number of para-hydroxylation sites is 1. The summed E-state index contributed by atoms with van der Waals surface area (Å²) in [6.07, 6.45) is 2.99. The Morgan fingerprint density at radius 3 is 2.61 bits per heavy atom. The van der Waals surface area contributed by atoms with Crippen LogP contribution in [0.5, 0.6) is 5.75 Å². The molecule has 0 aliphatic rings. The van der Waals surface area contributed by atoms with Gasteiger partial charge in [-0.3, -0.25) is 18.7 Å². The number of unbranched alkanes of at least 4 members (excludes halogenated alkanes) is 1. The molecule has 0 spiro atoms. The fourth-order valence-corrected chi connectivity index (χ4v) is 2.89. The van der Waals surface area contributed by atoms with Gasteiger partial charge in [-0.25, -0.2) is 9.78 Å². The van der Waals surface area contributed by atoms with E-state index in [0.717, 1.165) is 23.2 Å². The number of aromatic nitrogens is 4. The molecule has 0 saturated carbocycles. The number of ether oxygens (including phenoxy) is 1. The van der Waals surface area contributed by atoms with E-state index in [2.05, 4.69) is 10.3 Å². The number of hydrogen-bond acceptors (Lipinski definition) is 5. The van der Waals surface area contributed by atoms with Crippen LogP contribution >= 0.6 is 0 Å².